The second kappa shape index (κ2) is 11.2. The van der Waals surface area contributed by atoms with Crippen LogP contribution in [0.4, 0.5) is 11.6 Å². The topological polar surface area (TPSA) is 112 Å². The predicted octanol–water partition coefficient (Wildman–Crippen LogP) is 4.66. The third-order valence-corrected chi connectivity index (χ3v) is 7.79. The van der Waals surface area contributed by atoms with Crippen LogP contribution >= 0.6 is 23.1 Å². The van der Waals surface area contributed by atoms with Crippen molar-refractivity contribution in [3.05, 3.63) is 34.8 Å². The number of hydrogen-bond donors (Lipinski definition) is 2. The first-order valence-electron chi connectivity index (χ1n) is 11.6. The van der Waals surface area contributed by atoms with Crippen LogP contribution < -0.4 is 20.9 Å². The molecule has 1 fully saturated rings. The largest absolute Gasteiger partial charge is 0.493 e. The van der Waals surface area contributed by atoms with Crippen molar-refractivity contribution in [3.63, 3.8) is 0 Å². The molecule has 1 saturated heterocycles. The summed E-state index contributed by atoms with van der Waals surface area (Å²) >= 11 is 3.24. The lowest BCUT2D eigenvalue weighted by Gasteiger charge is -2.30. The number of aromatic nitrogens is 3. The van der Waals surface area contributed by atoms with E-state index in [1.807, 2.05) is 18.2 Å². The first-order valence-corrected chi connectivity index (χ1v) is 13.3. The van der Waals surface area contributed by atoms with E-state index in [0.29, 0.717) is 23.4 Å². The summed E-state index contributed by atoms with van der Waals surface area (Å²) in [6.45, 7) is 8.18. The highest BCUT2D eigenvalue weighted by molar-refractivity contribution is 7.99. The standard InChI is InChI=1S/C24H32N6O2S2/c1-4-6-19-22(15(2)33-24-27-20(25)14-21(26)28-24)29-23(34-19)16-7-8-17(31-3)18(13-16)32-12-11-30-9-5-10-30/h7-8,13-15H,4-6,9-12H2,1-3H3,(H4,25,26,27,28)/t15-/m0/s1. The molecule has 0 bridgehead atoms. The lowest BCUT2D eigenvalue weighted by molar-refractivity contribution is 0.145. The minimum atomic E-state index is 0.0539. The molecule has 3 aromatic rings. The number of nitrogens with two attached hydrogens (primary N) is 2. The van der Waals surface area contributed by atoms with Crippen molar-refractivity contribution >= 4 is 34.7 Å². The van der Waals surface area contributed by atoms with E-state index >= 15 is 0 Å². The second-order valence-corrected chi connectivity index (χ2v) is 10.6. The summed E-state index contributed by atoms with van der Waals surface area (Å²) in [6.07, 6.45) is 3.29. The number of methoxy groups -OCH3 is 1. The molecule has 1 atom stereocenters. The maximum atomic E-state index is 6.10. The van der Waals surface area contributed by atoms with Crippen LogP contribution in [0.5, 0.6) is 11.5 Å². The number of hydrogen-bond acceptors (Lipinski definition) is 10. The van der Waals surface area contributed by atoms with Gasteiger partial charge < -0.3 is 20.9 Å². The maximum Gasteiger partial charge on any atom is 0.192 e. The number of ether oxygens (including phenoxy) is 2. The SMILES string of the molecule is CCCc1sc(-c2ccc(OC)c(OCCN3CCC3)c2)nc1[C@H](C)Sc1nc(N)cc(N)n1. The highest BCUT2D eigenvalue weighted by Crippen LogP contribution is 2.41. The van der Waals surface area contributed by atoms with Crippen molar-refractivity contribution < 1.29 is 9.47 Å². The molecule has 4 N–H and O–H groups in total. The Balaban J connectivity index is 1.56. The zero-order valence-electron chi connectivity index (χ0n) is 19.9. The number of nitrogen functional groups attached to an aromatic ring is 2. The molecule has 0 spiro atoms. The Hall–Kier alpha value is -2.56. The molecule has 1 aliphatic rings. The Morgan fingerprint density at radius 1 is 1.12 bits per heavy atom. The number of benzene rings is 1. The van der Waals surface area contributed by atoms with Crippen LogP contribution in [0.2, 0.25) is 0 Å². The summed E-state index contributed by atoms with van der Waals surface area (Å²) < 4.78 is 11.6. The summed E-state index contributed by atoms with van der Waals surface area (Å²) in [5.41, 5.74) is 13.8. The van der Waals surface area contributed by atoms with Crippen molar-refractivity contribution in [2.75, 3.05) is 44.8 Å². The number of rotatable bonds is 11. The Bertz CT molecular complexity index is 1100. The summed E-state index contributed by atoms with van der Waals surface area (Å²) in [7, 11) is 1.67. The van der Waals surface area contributed by atoms with E-state index < -0.39 is 0 Å². The van der Waals surface area contributed by atoms with Crippen molar-refractivity contribution in [3.8, 4) is 22.1 Å². The fourth-order valence-corrected chi connectivity index (χ4v) is 6.02. The van der Waals surface area contributed by atoms with Crippen LogP contribution in [0.25, 0.3) is 10.6 Å². The summed E-state index contributed by atoms with van der Waals surface area (Å²) in [5.74, 6) is 2.23. The van der Waals surface area contributed by atoms with Crippen LogP contribution in [0.15, 0.2) is 29.4 Å². The fourth-order valence-electron chi connectivity index (χ4n) is 3.75. The molecule has 0 unspecified atom stereocenters. The number of thioether (sulfide) groups is 1. The lowest BCUT2D eigenvalue weighted by atomic mass is 10.2. The molecule has 2 aromatic heterocycles. The van der Waals surface area contributed by atoms with Crippen LogP contribution in [0, 0.1) is 0 Å². The first-order chi connectivity index (χ1) is 16.5. The zero-order chi connectivity index (χ0) is 24.1. The highest BCUT2D eigenvalue weighted by Gasteiger charge is 2.21. The van der Waals surface area contributed by atoms with Gasteiger partial charge in [-0.1, -0.05) is 25.1 Å². The van der Waals surface area contributed by atoms with Crippen molar-refractivity contribution in [1.82, 2.24) is 19.9 Å². The van der Waals surface area contributed by atoms with E-state index in [-0.39, 0.29) is 5.25 Å². The molecule has 0 aliphatic carbocycles. The van der Waals surface area contributed by atoms with Crippen molar-refractivity contribution in [2.24, 2.45) is 0 Å². The van der Waals surface area contributed by atoms with E-state index in [4.69, 9.17) is 25.9 Å². The third-order valence-electron chi connectivity index (χ3n) is 5.64. The molecular weight excluding hydrogens is 468 g/mol. The van der Waals surface area contributed by atoms with Crippen LogP contribution in [-0.4, -0.2) is 53.2 Å². The van der Waals surface area contributed by atoms with E-state index in [9.17, 15) is 0 Å². The summed E-state index contributed by atoms with van der Waals surface area (Å²) in [6, 6.07) is 7.59. The van der Waals surface area contributed by atoms with Crippen molar-refractivity contribution in [1.29, 1.82) is 0 Å². The molecule has 182 valence electrons. The van der Waals surface area contributed by atoms with Crippen LogP contribution in [0.1, 0.15) is 42.5 Å². The Morgan fingerprint density at radius 3 is 2.53 bits per heavy atom. The van der Waals surface area contributed by atoms with Gasteiger partial charge in [0, 0.05) is 23.1 Å². The highest BCUT2D eigenvalue weighted by atomic mass is 32.2. The molecule has 8 nitrogen and oxygen atoms in total. The molecule has 34 heavy (non-hydrogen) atoms. The van der Waals surface area contributed by atoms with Gasteiger partial charge in [0.2, 0.25) is 0 Å². The molecule has 3 heterocycles. The van der Waals surface area contributed by atoms with E-state index in [2.05, 4.69) is 28.7 Å². The van der Waals surface area contributed by atoms with Crippen molar-refractivity contribution in [2.45, 2.75) is 43.5 Å². The van der Waals surface area contributed by atoms with Gasteiger partial charge in [-0.15, -0.1) is 11.3 Å². The minimum absolute atomic E-state index is 0.0539. The Labute approximate surface area is 209 Å². The molecule has 1 aliphatic heterocycles. The number of thiazole rings is 1. The molecule has 10 heteroatoms. The van der Waals surface area contributed by atoms with E-state index in [1.165, 1.54) is 23.1 Å². The van der Waals surface area contributed by atoms with Gasteiger partial charge in [-0.05, 0) is 51.1 Å². The van der Waals surface area contributed by atoms with Gasteiger partial charge in [-0.3, -0.25) is 4.90 Å². The molecule has 1 aromatic carbocycles. The fraction of sp³-hybridized carbons (Fsp3) is 0.458. The zero-order valence-corrected chi connectivity index (χ0v) is 21.5. The average Bonchev–Trinajstić information content (AvgIpc) is 3.19. The molecule has 0 amide bonds. The smallest absolute Gasteiger partial charge is 0.192 e. The predicted molar refractivity (Wildman–Crippen MR) is 140 cm³/mol. The number of likely N-dealkylation sites (tertiary alicyclic amines) is 1. The first kappa shape index (κ1) is 24.6. The van der Waals surface area contributed by atoms with Gasteiger partial charge in [-0.2, -0.15) is 0 Å². The van der Waals surface area contributed by atoms with Gasteiger partial charge in [-0.25, -0.2) is 15.0 Å². The summed E-state index contributed by atoms with van der Waals surface area (Å²) in [4.78, 5) is 17.3. The number of nitrogens with zero attached hydrogens (tertiary/aromatic N) is 4. The summed E-state index contributed by atoms with van der Waals surface area (Å²) in [5, 5.41) is 1.58. The maximum absolute atomic E-state index is 6.10. The minimum Gasteiger partial charge on any atom is -0.493 e. The monoisotopic (exact) mass is 500 g/mol. The Morgan fingerprint density at radius 2 is 1.88 bits per heavy atom. The molecule has 0 radical (unpaired) electrons. The second-order valence-electron chi connectivity index (χ2n) is 8.25. The third kappa shape index (κ3) is 5.92. The van der Waals surface area contributed by atoms with Gasteiger partial charge in [0.1, 0.15) is 23.3 Å². The molecule has 4 rings (SSSR count). The van der Waals surface area contributed by atoms with Gasteiger partial charge in [0.05, 0.1) is 18.1 Å². The van der Waals surface area contributed by atoms with E-state index in [1.54, 1.807) is 24.5 Å². The normalized spacial score (nSPS) is 14.6. The number of aryl methyl sites for hydroxylation is 1. The quantitative estimate of drug-likeness (QED) is 0.287. The van der Waals surface area contributed by atoms with Gasteiger partial charge in [0.15, 0.2) is 16.7 Å². The van der Waals surface area contributed by atoms with Gasteiger partial charge >= 0.3 is 0 Å². The van der Waals surface area contributed by atoms with Crippen LogP contribution in [-0.2, 0) is 6.42 Å². The Kier molecular flexibility index (Phi) is 8.12. The van der Waals surface area contributed by atoms with Crippen LogP contribution in [0.3, 0.4) is 0 Å². The molecule has 0 saturated carbocycles. The number of anilines is 2. The van der Waals surface area contributed by atoms with Gasteiger partial charge in [0.25, 0.3) is 0 Å². The van der Waals surface area contributed by atoms with E-state index in [0.717, 1.165) is 60.2 Å². The molecular formula is C24H32N6O2S2. The lowest BCUT2D eigenvalue weighted by Crippen LogP contribution is -2.39. The average molecular weight is 501 g/mol.